The topological polar surface area (TPSA) is 94.1 Å². The maximum Gasteiger partial charge on any atom is 0.257 e. The standard InChI is InChI=1S/C29H36N4O4S/c1-32-24-5-3-20(18-23(24)29(27(32)36)10-15-37-16-11-29)30-26(35)22-4-2-21(31-38-17-14-34)19-25(22)33-12-8-28(6-7-28)9-13-33/h2-5,18-19,31,34H,6-17H2,1H3,(H,30,35). The Morgan fingerprint density at radius 1 is 1.00 bits per heavy atom. The van der Waals surface area contributed by atoms with Crippen molar-refractivity contribution in [2.75, 3.05) is 65.5 Å². The molecule has 202 valence electrons. The zero-order valence-corrected chi connectivity index (χ0v) is 22.7. The van der Waals surface area contributed by atoms with Crippen molar-refractivity contribution in [1.82, 2.24) is 0 Å². The highest BCUT2D eigenvalue weighted by atomic mass is 32.2. The molecule has 2 saturated heterocycles. The molecule has 1 saturated carbocycles. The molecule has 0 aromatic heterocycles. The van der Waals surface area contributed by atoms with Crippen LogP contribution in [0.25, 0.3) is 0 Å². The van der Waals surface area contributed by atoms with Crippen molar-refractivity contribution in [3.63, 3.8) is 0 Å². The van der Waals surface area contributed by atoms with Gasteiger partial charge in [0.1, 0.15) is 0 Å². The van der Waals surface area contributed by atoms with Crippen LogP contribution in [0.3, 0.4) is 0 Å². The number of anilines is 4. The minimum absolute atomic E-state index is 0.107. The number of likely N-dealkylation sites (N-methyl/N-ethyl adjacent to an activating group) is 1. The van der Waals surface area contributed by atoms with Crippen molar-refractivity contribution in [2.45, 2.75) is 43.9 Å². The quantitative estimate of drug-likeness (QED) is 0.357. The normalized spacial score (nSPS) is 21.1. The molecule has 4 aliphatic rings. The lowest BCUT2D eigenvalue weighted by molar-refractivity contribution is -0.126. The summed E-state index contributed by atoms with van der Waals surface area (Å²) in [5, 5.41) is 12.3. The van der Waals surface area contributed by atoms with Crippen molar-refractivity contribution in [2.24, 2.45) is 5.41 Å². The molecule has 2 amide bonds. The van der Waals surface area contributed by atoms with Crippen LogP contribution >= 0.6 is 11.9 Å². The van der Waals surface area contributed by atoms with Crippen LogP contribution in [-0.4, -0.2) is 62.6 Å². The number of carbonyl (C=O) groups is 2. The summed E-state index contributed by atoms with van der Waals surface area (Å²) >= 11 is 1.45. The number of aliphatic hydroxyl groups is 1. The molecule has 38 heavy (non-hydrogen) atoms. The average Bonchev–Trinajstić information content (AvgIpc) is 3.67. The van der Waals surface area contributed by atoms with Gasteiger partial charge in [-0.1, -0.05) is 11.9 Å². The zero-order chi connectivity index (χ0) is 26.3. The molecule has 3 aliphatic heterocycles. The third-order valence-electron chi connectivity index (χ3n) is 8.94. The van der Waals surface area contributed by atoms with E-state index in [1.165, 1.54) is 37.6 Å². The van der Waals surface area contributed by atoms with Crippen LogP contribution < -0.4 is 19.8 Å². The number of hydrogen-bond acceptors (Lipinski definition) is 7. The Morgan fingerprint density at radius 3 is 2.45 bits per heavy atom. The van der Waals surface area contributed by atoms with Gasteiger partial charge in [0.05, 0.1) is 23.3 Å². The van der Waals surface area contributed by atoms with Crippen LogP contribution in [0, 0.1) is 5.41 Å². The van der Waals surface area contributed by atoms with Crippen molar-refractivity contribution < 1.29 is 19.4 Å². The molecule has 3 N–H and O–H groups in total. The Morgan fingerprint density at radius 2 is 1.74 bits per heavy atom. The van der Waals surface area contributed by atoms with Gasteiger partial charge in [-0.05, 0) is 85.9 Å². The Bertz CT molecular complexity index is 1230. The first-order chi connectivity index (χ1) is 18.4. The van der Waals surface area contributed by atoms with E-state index in [1.807, 2.05) is 37.4 Å². The number of fused-ring (bicyclic) bond motifs is 2. The fourth-order valence-electron chi connectivity index (χ4n) is 6.36. The van der Waals surface area contributed by atoms with E-state index in [1.54, 1.807) is 4.90 Å². The second-order valence-electron chi connectivity index (χ2n) is 11.1. The number of rotatable bonds is 7. The van der Waals surface area contributed by atoms with Gasteiger partial charge in [-0.3, -0.25) is 9.59 Å². The van der Waals surface area contributed by atoms with E-state index in [-0.39, 0.29) is 18.4 Å². The largest absolute Gasteiger partial charge is 0.395 e. The predicted octanol–water partition coefficient (Wildman–Crippen LogP) is 4.40. The summed E-state index contributed by atoms with van der Waals surface area (Å²) in [6, 6.07) is 11.7. The van der Waals surface area contributed by atoms with Gasteiger partial charge in [0.15, 0.2) is 0 Å². The van der Waals surface area contributed by atoms with Crippen LogP contribution in [0.15, 0.2) is 36.4 Å². The molecule has 3 heterocycles. The Kier molecular flexibility index (Phi) is 6.78. The second kappa shape index (κ2) is 10.1. The molecule has 0 unspecified atom stereocenters. The molecule has 0 bridgehead atoms. The summed E-state index contributed by atoms with van der Waals surface area (Å²) in [5.74, 6) is 0.551. The first kappa shape index (κ1) is 25.5. The third kappa shape index (κ3) is 4.54. The van der Waals surface area contributed by atoms with Crippen LogP contribution in [0.1, 0.15) is 54.4 Å². The first-order valence-electron chi connectivity index (χ1n) is 13.6. The summed E-state index contributed by atoms with van der Waals surface area (Å²) in [6.45, 7) is 3.13. The molecule has 6 rings (SSSR count). The van der Waals surface area contributed by atoms with E-state index >= 15 is 0 Å². The molecule has 8 nitrogen and oxygen atoms in total. The van der Waals surface area contributed by atoms with Gasteiger partial charge < -0.3 is 29.7 Å². The molecular formula is C29H36N4O4S. The highest BCUT2D eigenvalue weighted by molar-refractivity contribution is 8.00. The molecular weight excluding hydrogens is 500 g/mol. The minimum Gasteiger partial charge on any atom is -0.395 e. The van der Waals surface area contributed by atoms with Gasteiger partial charge >= 0.3 is 0 Å². The van der Waals surface area contributed by atoms with Crippen molar-refractivity contribution >= 4 is 46.5 Å². The number of nitrogens with one attached hydrogen (secondary N) is 2. The van der Waals surface area contributed by atoms with Crippen LogP contribution in [0.5, 0.6) is 0 Å². The average molecular weight is 537 g/mol. The van der Waals surface area contributed by atoms with Crippen LogP contribution in [-0.2, 0) is 14.9 Å². The predicted molar refractivity (Wildman–Crippen MR) is 152 cm³/mol. The van der Waals surface area contributed by atoms with Crippen molar-refractivity contribution in [1.29, 1.82) is 0 Å². The van der Waals surface area contributed by atoms with E-state index in [2.05, 4.69) is 21.0 Å². The highest BCUT2D eigenvalue weighted by Gasteiger charge is 2.50. The molecule has 1 aliphatic carbocycles. The van der Waals surface area contributed by atoms with E-state index in [0.29, 0.717) is 48.5 Å². The molecule has 9 heteroatoms. The lowest BCUT2D eigenvalue weighted by atomic mass is 9.75. The number of carbonyl (C=O) groups excluding carboxylic acids is 2. The monoisotopic (exact) mass is 536 g/mol. The molecule has 3 fully saturated rings. The SMILES string of the molecule is CN1C(=O)C2(CCOCC2)c2cc(NC(=O)c3ccc(NSCCO)cc3N3CCC4(CC3)CC4)ccc21. The number of amides is 2. The fraction of sp³-hybridized carbons (Fsp3) is 0.517. The third-order valence-corrected chi connectivity index (χ3v) is 9.71. The maximum atomic E-state index is 13.7. The molecule has 2 aromatic rings. The number of nitrogens with zero attached hydrogens (tertiary/aromatic N) is 2. The lowest BCUT2D eigenvalue weighted by Crippen LogP contribution is -2.42. The minimum atomic E-state index is -0.569. The summed E-state index contributed by atoms with van der Waals surface area (Å²) in [6.07, 6.45) is 6.31. The number of hydrogen-bond donors (Lipinski definition) is 3. The van der Waals surface area contributed by atoms with Crippen molar-refractivity contribution in [3.05, 3.63) is 47.5 Å². The molecule has 2 spiro atoms. The molecule has 0 atom stereocenters. The van der Waals surface area contributed by atoms with Crippen molar-refractivity contribution in [3.8, 4) is 0 Å². The highest BCUT2D eigenvalue weighted by Crippen LogP contribution is 2.54. The van der Waals surface area contributed by atoms with E-state index in [4.69, 9.17) is 9.84 Å². The number of aliphatic hydroxyl groups excluding tert-OH is 1. The van der Waals surface area contributed by atoms with Gasteiger partial charge in [-0.15, -0.1) is 0 Å². The zero-order valence-electron chi connectivity index (χ0n) is 21.9. The molecule has 2 aromatic carbocycles. The summed E-state index contributed by atoms with van der Waals surface area (Å²) in [5.41, 5.74) is 5.06. The van der Waals surface area contributed by atoms with Gasteiger partial charge in [0.25, 0.3) is 5.91 Å². The Balaban J connectivity index is 1.27. The maximum absolute atomic E-state index is 13.7. The first-order valence-corrected chi connectivity index (χ1v) is 14.6. The van der Waals surface area contributed by atoms with Gasteiger partial charge in [0, 0.05) is 56.2 Å². The Hall–Kier alpha value is -2.75. The van der Waals surface area contributed by atoms with Crippen LogP contribution in [0.4, 0.5) is 22.7 Å². The summed E-state index contributed by atoms with van der Waals surface area (Å²) < 4.78 is 8.86. The van der Waals surface area contributed by atoms with Gasteiger partial charge in [0.2, 0.25) is 5.91 Å². The van der Waals surface area contributed by atoms with E-state index in [9.17, 15) is 9.59 Å². The Labute approximate surface area is 228 Å². The summed E-state index contributed by atoms with van der Waals surface area (Å²) in [4.78, 5) is 31.0. The summed E-state index contributed by atoms with van der Waals surface area (Å²) in [7, 11) is 1.83. The smallest absolute Gasteiger partial charge is 0.257 e. The lowest BCUT2D eigenvalue weighted by Gasteiger charge is -2.35. The van der Waals surface area contributed by atoms with Gasteiger partial charge in [-0.2, -0.15) is 0 Å². The van der Waals surface area contributed by atoms with Gasteiger partial charge in [-0.25, -0.2) is 0 Å². The molecule has 0 radical (unpaired) electrons. The number of benzene rings is 2. The number of ether oxygens (including phenoxy) is 1. The number of piperidine rings is 1. The van der Waals surface area contributed by atoms with E-state index < -0.39 is 5.41 Å². The van der Waals surface area contributed by atoms with Crippen LogP contribution in [0.2, 0.25) is 0 Å². The second-order valence-corrected chi connectivity index (χ2v) is 12.0. The van der Waals surface area contributed by atoms with E-state index in [0.717, 1.165) is 35.7 Å². The fourth-order valence-corrected chi connectivity index (χ4v) is 6.85.